The van der Waals surface area contributed by atoms with E-state index in [2.05, 4.69) is 18.4 Å². The van der Waals surface area contributed by atoms with E-state index in [1.807, 2.05) is 30.3 Å². The van der Waals surface area contributed by atoms with Gasteiger partial charge < -0.3 is 4.74 Å². The molecule has 0 N–H and O–H groups in total. The third kappa shape index (κ3) is 1.95. The molecule has 0 aliphatic carbocycles. The molecule has 3 fully saturated rings. The largest absolute Gasteiger partial charge is 0.459 e. The molecule has 0 saturated carbocycles. The molecule has 0 amide bonds. The highest BCUT2D eigenvalue weighted by Gasteiger charge is 2.62. The monoisotopic (exact) mass is 283 g/mol. The van der Waals surface area contributed by atoms with E-state index in [0.717, 1.165) is 18.4 Å². The van der Waals surface area contributed by atoms with Crippen LogP contribution in [0.4, 0.5) is 0 Å². The molecule has 0 bridgehead atoms. The maximum atomic E-state index is 12.3. The van der Waals surface area contributed by atoms with Crippen LogP contribution >= 0.6 is 0 Å². The Bertz CT molecular complexity index is 578. The van der Waals surface area contributed by atoms with Crippen LogP contribution in [0.25, 0.3) is 5.57 Å². The summed E-state index contributed by atoms with van der Waals surface area (Å²) in [5.74, 6) is -0.263. The van der Waals surface area contributed by atoms with Gasteiger partial charge in [0, 0.05) is 30.5 Å². The number of piperidine rings is 2. The molecule has 3 aliphatic heterocycles. The molecule has 2 unspecified atom stereocenters. The van der Waals surface area contributed by atoms with Gasteiger partial charge in [0.15, 0.2) is 0 Å². The first-order valence-electron chi connectivity index (χ1n) is 7.80. The Morgan fingerprint density at radius 2 is 1.86 bits per heavy atom. The zero-order valence-electron chi connectivity index (χ0n) is 12.4. The van der Waals surface area contributed by atoms with Crippen molar-refractivity contribution in [3.05, 3.63) is 42.5 Å². The van der Waals surface area contributed by atoms with E-state index in [-0.39, 0.29) is 12.1 Å². The van der Waals surface area contributed by atoms with Gasteiger partial charge in [-0.1, -0.05) is 36.9 Å². The minimum Gasteiger partial charge on any atom is -0.459 e. The first kappa shape index (κ1) is 13.1. The molecule has 2 atom stereocenters. The molecule has 0 radical (unpaired) electrons. The van der Waals surface area contributed by atoms with Crippen molar-refractivity contribution >= 4 is 11.5 Å². The van der Waals surface area contributed by atoms with Crippen LogP contribution in [-0.4, -0.2) is 34.6 Å². The van der Waals surface area contributed by atoms with Gasteiger partial charge in [-0.15, -0.1) is 0 Å². The van der Waals surface area contributed by atoms with Gasteiger partial charge in [-0.05, 0) is 25.3 Å². The molecule has 3 aliphatic rings. The van der Waals surface area contributed by atoms with Crippen LogP contribution in [0.1, 0.15) is 38.2 Å². The van der Waals surface area contributed by atoms with Crippen molar-refractivity contribution < 1.29 is 9.53 Å². The SMILES string of the molecule is C=C(C(=O)OC1CC2CC3(C)CC(C1)N23)c1ccccc1. The second kappa shape index (κ2) is 4.44. The Morgan fingerprint density at radius 1 is 1.24 bits per heavy atom. The number of benzene rings is 1. The van der Waals surface area contributed by atoms with E-state index in [4.69, 9.17) is 4.74 Å². The molecular formula is C18H21NO2. The van der Waals surface area contributed by atoms with Gasteiger partial charge in [0.25, 0.3) is 0 Å². The number of esters is 1. The molecule has 4 rings (SSSR count). The van der Waals surface area contributed by atoms with E-state index < -0.39 is 0 Å². The lowest BCUT2D eigenvalue weighted by molar-refractivity contribution is -0.230. The number of carbonyl (C=O) groups excluding carboxylic acids is 1. The summed E-state index contributed by atoms with van der Waals surface area (Å²) in [6.45, 7) is 6.24. The molecule has 0 aromatic heterocycles. The summed E-state index contributed by atoms with van der Waals surface area (Å²) in [6.07, 6.45) is 4.56. The average Bonchev–Trinajstić information content (AvgIpc) is 2.44. The molecule has 21 heavy (non-hydrogen) atoms. The fourth-order valence-corrected chi connectivity index (χ4v) is 4.63. The molecule has 3 heterocycles. The van der Waals surface area contributed by atoms with Crippen LogP contribution in [0.2, 0.25) is 0 Å². The second-order valence-corrected chi connectivity index (χ2v) is 6.96. The summed E-state index contributed by atoms with van der Waals surface area (Å²) in [4.78, 5) is 14.9. The fraction of sp³-hybridized carbons (Fsp3) is 0.500. The van der Waals surface area contributed by atoms with E-state index in [0.29, 0.717) is 23.2 Å². The Balaban J connectivity index is 1.38. The number of nitrogens with zero attached hydrogens (tertiary/aromatic N) is 1. The third-order valence-corrected chi connectivity index (χ3v) is 5.47. The van der Waals surface area contributed by atoms with Crippen molar-refractivity contribution in [3.63, 3.8) is 0 Å². The standard InChI is InChI=1S/C18H21NO2/c1-12(13-6-4-3-5-7-13)17(20)21-16-8-14-10-18(2)11-15(9-16)19(14)18/h3-7,14-16H,1,8-11H2,2H3. The predicted molar refractivity (Wildman–Crippen MR) is 81.6 cm³/mol. The zero-order valence-corrected chi connectivity index (χ0v) is 12.4. The van der Waals surface area contributed by atoms with Crippen molar-refractivity contribution in [2.45, 2.75) is 56.3 Å². The van der Waals surface area contributed by atoms with Gasteiger partial charge >= 0.3 is 5.97 Å². The van der Waals surface area contributed by atoms with Gasteiger partial charge in [0.2, 0.25) is 0 Å². The Labute approximate surface area is 125 Å². The molecule has 3 saturated heterocycles. The summed E-state index contributed by atoms with van der Waals surface area (Å²) >= 11 is 0. The van der Waals surface area contributed by atoms with Crippen molar-refractivity contribution in [1.82, 2.24) is 4.90 Å². The van der Waals surface area contributed by atoms with Crippen LogP contribution in [0.3, 0.4) is 0 Å². The maximum Gasteiger partial charge on any atom is 0.338 e. The first-order chi connectivity index (χ1) is 10.1. The minimum atomic E-state index is -0.263. The highest BCUT2D eigenvalue weighted by Crippen LogP contribution is 2.56. The second-order valence-electron chi connectivity index (χ2n) is 6.96. The molecule has 110 valence electrons. The van der Waals surface area contributed by atoms with Crippen LogP contribution in [-0.2, 0) is 9.53 Å². The fourth-order valence-electron chi connectivity index (χ4n) is 4.63. The highest BCUT2D eigenvalue weighted by atomic mass is 16.5. The number of carbonyl (C=O) groups is 1. The van der Waals surface area contributed by atoms with Gasteiger partial charge in [-0.3, -0.25) is 4.90 Å². The lowest BCUT2D eigenvalue weighted by Crippen LogP contribution is -2.80. The topological polar surface area (TPSA) is 29.5 Å². The quantitative estimate of drug-likeness (QED) is 0.631. The zero-order chi connectivity index (χ0) is 14.6. The van der Waals surface area contributed by atoms with Crippen molar-refractivity contribution in [1.29, 1.82) is 0 Å². The summed E-state index contributed by atoms with van der Waals surface area (Å²) < 4.78 is 5.72. The average molecular weight is 283 g/mol. The lowest BCUT2D eigenvalue weighted by atomic mass is 9.60. The molecule has 1 aromatic carbocycles. The summed E-state index contributed by atoms with van der Waals surface area (Å²) in [7, 11) is 0. The maximum absolute atomic E-state index is 12.3. The Hall–Kier alpha value is -1.61. The van der Waals surface area contributed by atoms with E-state index in [1.54, 1.807) is 0 Å². The molecule has 1 aromatic rings. The molecule has 3 heteroatoms. The van der Waals surface area contributed by atoms with Gasteiger partial charge in [0.05, 0.1) is 5.57 Å². The van der Waals surface area contributed by atoms with Crippen LogP contribution < -0.4 is 0 Å². The summed E-state index contributed by atoms with van der Waals surface area (Å²) in [6, 6.07) is 10.8. The minimum absolute atomic E-state index is 0.0639. The van der Waals surface area contributed by atoms with Gasteiger partial charge in [0.1, 0.15) is 6.10 Å². The van der Waals surface area contributed by atoms with E-state index in [1.165, 1.54) is 12.8 Å². The summed E-state index contributed by atoms with van der Waals surface area (Å²) in [5, 5.41) is 0. The third-order valence-electron chi connectivity index (χ3n) is 5.47. The predicted octanol–water partition coefficient (Wildman–Crippen LogP) is 3.01. The smallest absolute Gasteiger partial charge is 0.338 e. The Morgan fingerprint density at radius 3 is 2.43 bits per heavy atom. The highest BCUT2D eigenvalue weighted by molar-refractivity contribution is 6.15. The number of hydrogen-bond acceptors (Lipinski definition) is 3. The number of rotatable bonds is 3. The normalized spacial score (nSPS) is 36.9. The van der Waals surface area contributed by atoms with E-state index in [9.17, 15) is 4.79 Å². The van der Waals surface area contributed by atoms with Crippen LogP contribution in [0.5, 0.6) is 0 Å². The molecule has 0 spiro atoms. The number of ether oxygens (including phenoxy) is 1. The molecule has 3 nitrogen and oxygen atoms in total. The van der Waals surface area contributed by atoms with Gasteiger partial charge in [-0.2, -0.15) is 0 Å². The number of hydrogen-bond donors (Lipinski definition) is 0. The van der Waals surface area contributed by atoms with E-state index >= 15 is 0 Å². The van der Waals surface area contributed by atoms with Crippen LogP contribution in [0, 0.1) is 0 Å². The van der Waals surface area contributed by atoms with Crippen molar-refractivity contribution in [2.24, 2.45) is 0 Å². The summed E-state index contributed by atoms with van der Waals surface area (Å²) in [5.41, 5.74) is 1.78. The Kier molecular flexibility index (Phi) is 2.77. The lowest BCUT2D eigenvalue weighted by Gasteiger charge is -2.72. The van der Waals surface area contributed by atoms with Crippen LogP contribution in [0.15, 0.2) is 36.9 Å². The van der Waals surface area contributed by atoms with Crippen molar-refractivity contribution in [2.75, 3.05) is 0 Å². The first-order valence-corrected chi connectivity index (χ1v) is 7.80. The molecular weight excluding hydrogens is 262 g/mol. The van der Waals surface area contributed by atoms with Gasteiger partial charge in [-0.25, -0.2) is 4.79 Å². The van der Waals surface area contributed by atoms with Crippen molar-refractivity contribution in [3.8, 4) is 0 Å².